The smallest absolute Gasteiger partial charge is 0.317 e. The maximum absolute atomic E-state index is 11.5. The van der Waals surface area contributed by atoms with E-state index < -0.39 is 5.97 Å². The van der Waals surface area contributed by atoms with Gasteiger partial charge in [-0.3, -0.25) is 4.79 Å². The number of rotatable bonds is 7. The number of aliphatic carboxylic acids is 1. The van der Waals surface area contributed by atoms with Gasteiger partial charge in [-0.1, -0.05) is 0 Å². The molecule has 0 bridgehead atoms. The van der Waals surface area contributed by atoms with Gasteiger partial charge in [0, 0.05) is 38.8 Å². The molecule has 6 heteroatoms. The number of likely N-dealkylation sites (tertiary alicyclic amines) is 1. The minimum atomic E-state index is -0.799. The largest absolute Gasteiger partial charge is 0.481 e. The van der Waals surface area contributed by atoms with Gasteiger partial charge in [0.2, 0.25) is 0 Å². The topological polar surface area (TPSA) is 78.9 Å². The molecular weight excluding hydrogens is 224 g/mol. The second-order valence-electron chi connectivity index (χ2n) is 4.15. The zero-order chi connectivity index (χ0) is 12.7. The molecule has 2 amide bonds. The zero-order valence-electron chi connectivity index (χ0n) is 10.1. The van der Waals surface area contributed by atoms with E-state index in [1.54, 1.807) is 4.90 Å². The molecule has 0 spiro atoms. The summed E-state index contributed by atoms with van der Waals surface area (Å²) in [5, 5.41) is 11.3. The van der Waals surface area contributed by atoms with Gasteiger partial charge in [0.15, 0.2) is 0 Å². The third-order valence-corrected chi connectivity index (χ3v) is 2.65. The second-order valence-corrected chi connectivity index (χ2v) is 4.15. The molecule has 6 nitrogen and oxygen atoms in total. The molecule has 0 saturated carbocycles. The van der Waals surface area contributed by atoms with Crippen molar-refractivity contribution in [1.29, 1.82) is 0 Å². The molecule has 0 aromatic carbocycles. The summed E-state index contributed by atoms with van der Waals surface area (Å²) in [6.45, 7) is 4.96. The maximum Gasteiger partial charge on any atom is 0.317 e. The van der Waals surface area contributed by atoms with Gasteiger partial charge in [-0.25, -0.2) is 4.79 Å². The van der Waals surface area contributed by atoms with E-state index in [-0.39, 0.29) is 18.4 Å². The van der Waals surface area contributed by atoms with Crippen molar-refractivity contribution in [2.24, 2.45) is 5.92 Å². The number of nitrogens with one attached hydrogen (secondary N) is 1. The number of nitrogens with zero attached hydrogens (tertiary/aromatic N) is 1. The van der Waals surface area contributed by atoms with Gasteiger partial charge < -0.3 is 20.1 Å². The highest BCUT2D eigenvalue weighted by atomic mass is 16.5. The van der Waals surface area contributed by atoms with Crippen molar-refractivity contribution < 1.29 is 19.4 Å². The summed E-state index contributed by atoms with van der Waals surface area (Å²) in [5.74, 6) is -0.687. The van der Waals surface area contributed by atoms with Crippen molar-refractivity contribution in [2.75, 3.05) is 32.8 Å². The molecule has 2 N–H and O–H groups in total. The summed E-state index contributed by atoms with van der Waals surface area (Å²) in [5.41, 5.74) is 0. The van der Waals surface area contributed by atoms with Crippen molar-refractivity contribution in [1.82, 2.24) is 10.2 Å². The molecule has 0 atom stereocenters. The third-order valence-electron chi connectivity index (χ3n) is 2.65. The zero-order valence-corrected chi connectivity index (χ0v) is 10.1. The highest BCUT2D eigenvalue weighted by Crippen LogP contribution is 2.18. The fourth-order valence-electron chi connectivity index (χ4n) is 1.74. The fraction of sp³-hybridized carbons (Fsp3) is 0.818. The Morgan fingerprint density at radius 2 is 2.18 bits per heavy atom. The number of amides is 2. The van der Waals surface area contributed by atoms with Crippen LogP contribution in [0.1, 0.15) is 19.8 Å². The first-order valence-electron chi connectivity index (χ1n) is 5.95. The van der Waals surface area contributed by atoms with Gasteiger partial charge in [0.25, 0.3) is 0 Å². The predicted molar refractivity (Wildman–Crippen MR) is 61.8 cm³/mol. The summed E-state index contributed by atoms with van der Waals surface area (Å²) >= 11 is 0. The lowest BCUT2D eigenvalue weighted by atomic mass is 9.97. The van der Waals surface area contributed by atoms with Crippen molar-refractivity contribution >= 4 is 12.0 Å². The number of carboxylic acid groups (broad SMARTS) is 1. The molecule has 1 saturated heterocycles. The van der Waals surface area contributed by atoms with Crippen LogP contribution in [0.5, 0.6) is 0 Å². The first-order chi connectivity index (χ1) is 8.13. The van der Waals surface area contributed by atoms with Crippen LogP contribution in [-0.4, -0.2) is 54.9 Å². The molecule has 1 heterocycles. The number of hydrogen-bond donors (Lipinski definition) is 2. The second kappa shape index (κ2) is 7.11. The van der Waals surface area contributed by atoms with E-state index in [0.29, 0.717) is 32.8 Å². The average molecular weight is 244 g/mol. The van der Waals surface area contributed by atoms with E-state index in [1.165, 1.54) is 0 Å². The van der Waals surface area contributed by atoms with Gasteiger partial charge in [0.1, 0.15) is 0 Å². The van der Waals surface area contributed by atoms with Crippen molar-refractivity contribution in [3.05, 3.63) is 0 Å². The normalized spacial score (nSPS) is 15.5. The Morgan fingerprint density at radius 1 is 1.47 bits per heavy atom. The first kappa shape index (κ1) is 13.8. The minimum absolute atomic E-state index is 0.108. The average Bonchev–Trinajstić information content (AvgIpc) is 2.22. The molecule has 17 heavy (non-hydrogen) atoms. The lowest BCUT2D eigenvalue weighted by molar-refractivity contribution is -0.139. The highest BCUT2D eigenvalue weighted by Gasteiger charge is 2.31. The number of urea groups is 1. The number of carbonyl (C=O) groups excluding carboxylic acids is 1. The lowest BCUT2D eigenvalue weighted by Crippen LogP contribution is -2.54. The van der Waals surface area contributed by atoms with E-state index >= 15 is 0 Å². The SMILES string of the molecule is CCOCCCNC(=O)N1CC(CC(=O)O)C1. The number of carboxylic acids is 1. The van der Waals surface area contributed by atoms with Crippen molar-refractivity contribution in [2.45, 2.75) is 19.8 Å². The molecule has 0 aromatic rings. The Morgan fingerprint density at radius 3 is 2.76 bits per heavy atom. The molecule has 0 aliphatic carbocycles. The van der Waals surface area contributed by atoms with Crippen molar-refractivity contribution in [3.63, 3.8) is 0 Å². The molecule has 1 fully saturated rings. The molecule has 0 radical (unpaired) electrons. The minimum Gasteiger partial charge on any atom is -0.481 e. The molecule has 1 aliphatic heterocycles. The van der Waals surface area contributed by atoms with Gasteiger partial charge in [-0.2, -0.15) is 0 Å². The highest BCUT2D eigenvalue weighted by molar-refractivity contribution is 5.75. The van der Waals surface area contributed by atoms with Crippen LogP contribution in [0.25, 0.3) is 0 Å². The number of ether oxygens (including phenoxy) is 1. The Balaban J connectivity index is 2.01. The van der Waals surface area contributed by atoms with Crippen LogP contribution < -0.4 is 5.32 Å². The number of carbonyl (C=O) groups is 2. The quantitative estimate of drug-likeness (QED) is 0.640. The van der Waals surface area contributed by atoms with E-state index in [0.717, 1.165) is 6.42 Å². The van der Waals surface area contributed by atoms with Crippen LogP contribution in [0.3, 0.4) is 0 Å². The van der Waals surface area contributed by atoms with Crippen LogP contribution in [0.15, 0.2) is 0 Å². The first-order valence-corrected chi connectivity index (χ1v) is 5.95. The predicted octanol–water partition coefficient (Wildman–Crippen LogP) is 0.529. The molecule has 1 rings (SSSR count). The summed E-state index contributed by atoms with van der Waals surface area (Å²) in [4.78, 5) is 23.6. The summed E-state index contributed by atoms with van der Waals surface area (Å²) < 4.78 is 5.15. The molecule has 98 valence electrons. The van der Waals surface area contributed by atoms with Gasteiger partial charge in [-0.15, -0.1) is 0 Å². The van der Waals surface area contributed by atoms with Crippen LogP contribution in [0, 0.1) is 5.92 Å². The Labute approximate surface area is 101 Å². The number of hydrogen-bond acceptors (Lipinski definition) is 3. The Hall–Kier alpha value is -1.30. The van der Waals surface area contributed by atoms with Crippen LogP contribution in [0.2, 0.25) is 0 Å². The Kier molecular flexibility index (Phi) is 5.76. The van der Waals surface area contributed by atoms with Crippen LogP contribution in [0.4, 0.5) is 4.79 Å². The van der Waals surface area contributed by atoms with Gasteiger partial charge >= 0.3 is 12.0 Å². The maximum atomic E-state index is 11.5. The molecule has 1 aliphatic rings. The summed E-state index contributed by atoms with van der Waals surface area (Å²) in [6.07, 6.45) is 0.945. The van der Waals surface area contributed by atoms with E-state index in [2.05, 4.69) is 5.32 Å². The molecular formula is C11H20N2O4. The standard InChI is InChI=1S/C11H20N2O4/c1-2-17-5-3-4-12-11(16)13-7-9(8-13)6-10(14)15/h9H,2-8H2,1H3,(H,12,16)(H,14,15). The third kappa shape index (κ3) is 5.04. The molecule has 0 unspecified atom stereocenters. The van der Waals surface area contributed by atoms with Crippen LogP contribution >= 0.6 is 0 Å². The van der Waals surface area contributed by atoms with E-state index in [4.69, 9.17) is 9.84 Å². The van der Waals surface area contributed by atoms with Gasteiger partial charge in [0.05, 0.1) is 6.42 Å². The van der Waals surface area contributed by atoms with Crippen LogP contribution in [-0.2, 0) is 9.53 Å². The fourth-order valence-corrected chi connectivity index (χ4v) is 1.74. The van der Waals surface area contributed by atoms with Crippen molar-refractivity contribution in [3.8, 4) is 0 Å². The Bertz CT molecular complexity index is 264. The summed E-state index contributed by atoms with van der Waals surface area (Å²) in [7, 11) is 0. The lowest BCUT2D eigenvalue weighted by Gasteiger charge is -2.38. The molecule has 0 aromatic heterocycles. The van der Waals surface area contributed by atoms with E-state index in [1.807, 2.05) is 6.92 Å². The van der Waals surface area contributed by atoms with E-state index in [9.17, 15) is 9.59 Å². The monoisotopic (exact) mass is 244 g/mol. The van der Waals surface area contributed by atoms with Gasteiger partial charge in [-0.05, 0) is 13.3 Å². The summed E-state index contributed by atoms with van der Waals surface area (Å²) in [6, 6.07) is -0.108.